The Kier molecular flexibility index (Phi) is 3.33. The van der Waals surface area contributed by atoms with Crippen LogP contribution < -0.4 is 5.32 Å². The number of nitrogens with zero attached hydrogens (tertiary/aromatic N) is 1. The molecule has 0 unspecified atom stereocenters. The number of benzene rings is 1. The molecule has 0 aliphatic carbocycles. The van der Waals surface area contributed by atoms with E-state index in [2.05, 4.69) is 5.32 Å². The highest BCUT2D eigenvalue weighted by Gasteiger charge is 2.32. The van der Waals surface area contributed by atoms with E-state index in [0.717, 1.165) is 11.0 Å². The third-order valence-electron chi connectivity index (χ3n) is 2.77. The summed E-state index contributed by atoms with van der Waals surface area (Å²) in [5.41, 5.74) is 1.41. The van der Waals surface area contributed by atoms with Crippen LogP contribution >= 0.6 is 0 Å². The first-order valence-corrected chi connectivity index (χ1v) is 5.60. The summed E-state index contributed by atoms with van der Waals surface area (Å²) < 4.78 is 0. The molecule has 0 fully saturated rings. The maximum absolute atomic E-state index is 11.8. The molecule has 98 valence electrons. The highest BCUT2D eigenvalue weighted by atomic mass is 16.4. The van der Waals surface area contributed by atoms with Crippen LogP contribution in [0.2, 0.25) is 0 Å². The minimum absolute atomic E-state index is 0.308. The largest absolute Gasteiger partial charge is 0.478 e. The number of aliphatic carboxylic acids is 1. The topological polar surface area (TPSA) is 86.7 Å². The van der Waals surface area contributed by atoms with Crippen molar-refractivity contribution in [2.75, 3.05) is 18.9 Å². The van der Waals surface area contributed by atoms with Crippen LogP contribution in [-0.4, -0.2) is 41.4 Å². The molecule has 1 aromatic rings. The Morgan fingerprint density at radius 3 is 2.68 bits per heavy atom. The summed E-state index contributed by atoms with van der Waals surface area (Å²) in [7, 11) is 1.44. The molecule has 6 nitrogen and oxygen atoms in total. The van der Waals surface area contributed by atoms with Gasteiger partial charge in [0.05, 0.1) is 11.1 Å². The molecule has 1 aromatic carbocycles. The third kappa shape index (κ3) is 2.47. The van der Waals surface area contributed by atoms with Gasteiger partial charge in [-0.2, -0.15) is 0 Å². The van der Waals surface area contributed by atoms with Crippen molar-refractivity contribution < 1.29 is 19.5 Å². The van der Waals surface area contributed by atoms with E-state index in [1.165, 1.54) is 13.1 Å². The molecule has 0 radical (unpaired) electrons. The van der Waals surface area contributed by atoms with Crippen molar-refractivity contribution in [2.24, 2.45) is 0 Å². The standard InChI is InChI=1S/C13H12N2O4/c1-15-12(18)9-5-4-8(7-10(9)13(15)19)14-6-2-3-11(16)17/h2-5,7,14H,6H2,1H3,(H,16,17)/b3-2+. The zero-order chi connectivity index (χ0) is 14.0. The van der Waals surface area contributed by atoms with Gasteiger partial charge in [0.15, 0.2) is 0 Å². The van der Waals surface area contributed by atoms with Crippen molar-refractivity contribution in [3.8, 4) is 0 Å². The van der Waals surface area contributed by atoms with Gasteiger partial charge in [0.1, 0.15) is 0 Å². The lowest BCUT2D eigenvalue weighted by molar-refractivity contribution is -0.131. The number of fused-ring (bicyclic) bond motifs is 1. The lowest BCUT2D eigenvalue weighted by atomic mass is 10.1. The van der Waals surface area contributed by atoms with Gasteiger partial charge in [-0.25, -0.2) is 4.79 Å². The number of nitrogens with one attached hydrogen (secondary N) is 1. The maximum Gasteiger partial charge on any atom is 0.328 e. The van der Waals surface area contributed by atoms with Crippen LogP contribution in [0.4, 0.5) is 5.69 Å². The number of carboxylic acids is 1. The van der Waals surface area contributed by atoms with Crippen LogP contribution in [0, 0.1) is 0 Å². The Labute approximate surface area is 109 Å². The Hall–Kier alpha value is -2.63. The predicted octanol–water partition coefficient (Wildman–Crippen LogP) is 0.965. The molecule has 0 saturated carbocycles. The Morgan fingerprint density at radius 2 is 2.00 bits per heavy atom. The van der Waals surface area contributed by atoms with Gasteiger partial charge < -0.3 is 10.4 Å². The molecule has 0 aromatic heterocycles. The summed E-state index contributed by atoms with van der Waals surface area (Å²) in [5.74, 6) is -1.65. The van der Waals surface area contributed by atoms with E-state index < -0.39 is 5.97 Å². The van der Waals surface area contributed by atoms with Crippen molar-refractivity contribution in [1.29, 1.82) is 0 Å². The fourth-order valence-corrected chi connectivity index (χ4v) is 1.81. The SMILES string of the molecule is CN1C(=O)c2ccc(NC/C=C/C(=O)O)cc2C1=O. The first-order valence-electron chi connectivity index (χ1n) is 5.60. The molecule has 2 amide bonds. The maximum atomic E-state index is 11.8. The van der Waals surface area contributed by atoms with E-state index in [1.807, 2.05) is 0 Å². The van der Waals surface area contributed by atoms with Crippen LogP contribution in [0.3, 0.4) is 0 Å². The van der Waals surface area contributed by atoms with Gasteiger partial charge in [-0.15, -0.1) is 0 Å². The second kappa shape index (κ2) is 4.93. The summed E-state index contributed by atoms with van der Waals surface area (Å²) in [6.45, 7) is 0.322. The number of carbonyl (C=O) groups excluding carboxylic acids is 2. The summed E-state index contributed by atoms with van der Waals surface area (Å²) in [4.78, 5) is 34.8. The van der Waals surface area contributed by atoms with E-state index in [0.29, 0.717) is 23.4 Å². The number of rotatable bonds is 4. The first kappa shape index (κ1) is 12.8. The van der Waals surface area contributed by atoms with E-state index >= 15 is 0 Å². The number of hydrogen-bond donors (Lipinski definition) is 2. The second-order valence-electron chi connectivity index (χ2n) is 4.05. The molecule has 2 N–H and O–H groups in total. The second-order valence-corrected chi connectivity index (χ2v) is 4.05. The Bertz CT molecular complexity index is 592. The normalized spacial score (nSPS) is 14.1. The van der Waals surface area contributed by atoms with Gasteiger partial charge >= 0.3 is 5.97 Å². The minimum Gasteiger partial charge on any atom is -0.478 e. The molecule has 1 aliphatic rings. The van der Waals surface area contributed by atoms with Gasteiger partial charge in [0.2, 0.25) is 0 Å². The average Bonchev–Trinajstić information content (AvgIpc) is 2.60. The van der Waals surface area contributed by atoms with Crippen LogP contribution in [0.15, 0.2) is 30.4 Å². The smallest absolute Gasteiger partial charge is 0.328 e. The van der Waals surface area contributed by atoms with Crippen LogP contribution in [-0.2, 0) is 4.79 Å². The predicted molar refractivity (Wildman–Crippen MR) is 68.1 cm³/mol. The van der Waals surface area contributed by atoms with Gasteiger partial charge in [-0.1, -0.05) is 6.08 Å². The number of carboxylic acid groups (broad SMARTS) is 1. The molecule has 2 rings (SSSR count). The van der Waals surface area contributed by atoms with Crippen molar-refractivity contribution >= 4 is 23.5 Å². The highest BCUT2D eigenvalue weighted by Crippen LogP contribution is 2.24. The van der Waals surface area contributed by atoms with Crippen LogP contribution in [0.25, 0.3) is 0 Å². The van der Waals surface area contributed by atoms with Gasteiger partial charge in [0, 0.05) is 25.4 Å². The van der Waals surface area contributed by atoms with E-state index in [9.17, 15) is 14.4 Å². The number of anilines is 1. The van der Waals surface area contributed by atoms with E-state index in [4.69, 9.17) is 5.11 Å². The Morgan fingerprint density at radius 1 is 1.32 bits per heavy atom. The number of carbonyl (C=O) groups is 3. The quantitative estimate of drug-likeness (QED) is 0.622. The molecule has 0 saturated heterocycles. The molecule has 1 heterocycles. The summed E-state index contributed by atoms with van der Waals surface area (Å²) >= 11 is 0. The molecule has 19 heavy (non-hydrogen) atoms. The number of hydrogen-bond acceptors (Lipinski definition) is 4. The molecule has 1 aliphatic heterocycles. The molecule has 0 bridgehead atoms. The van der Waals surface area contributed by atoms with Gasteiger partial charge in [-0.3, -0.25) is 14.5 Å². The first-order chi connectivity index (χ1) is 9.00. The van der Waals surface area contributed by atoms with Gasteiger partial charge in [0.25, 0.3) is 11.8 Å². The molecule has 0 atom stereocenters. The monoisotopic (exact) mass is 260 g/mol. The van der Waals surface area contributed by atoms with E-state index in [-0.39, 0.29) is 11.8 Å². The number of amides is 2. The average molecular weight is 260 g/mol. The Balaban J connectivity index is 2.13. The lowest BCUT2D eigenvalue weighted by Crippen LogP contribution is -2.24. The summed E-state index contributed by atoms with van der Waals surface area (Å²) in [5, 5.41) is 11.4. The molecule has 0 spiro atoms. The molecular formula is C13H12N2O4. The van der Waals surface area contributed by atoms with Gasteiger partial charge in [-0.05, 0) is 18.2 Å². The van der Waals surface area contributed by atoms with Crippen molar-refractivity contribution in [3.05, 3.63) is 41.5 Å². The zero-order valence-corrected chi connectivity index (χ0v) is 10.2. The third-order valence-corrected chi connectivity index (χ3v) is 2.77. The number of imide groups is 1. The minimum atomic E-state index is -1.02. The molecule has 6 heteroatoms. The summed E-state index contributed by atoms with van der Waals surface area (Å²) in [6, 6.07) is 4.85. The van der Waals surface area contributed by atoms with Crippen molar-refractivity contribution in [1.82, 2.24) is 4.90 Å². The summed E-state index contributed by atoms with van der Waals surface area (Å²) in [6.07, 6.45) is 2.48. The zero-order valence-electron chi connectivity index (χ0n) is 10.2. The fourth-order valence-electron chi connectivity index (χ4n) is 1.81. The molecular weight excluding hydrogens is 248 g/mol. The van der Waals surface area contributed by atoms with Crippen LogP contribution in [0.1, 0.15) is 20.7 Å². The highest BCUT2D eigenvalue weighted by molar-refractivity contribution is 6.21. The van der Waals surface area contributed by atoms with E-state index in [1.54, 1.807) is 18.2 Å². The van der Waals surface area contributed by atoms with Crippen molar-refractivity contribution in [2.45, 2.75) is 0 Å². The van der Waals surface area contributed by atoms with Crippen molar-refractivity contribution in [3.63, 3.8) is 0 Å². The lowest BCUT2D eigenvalue weighted by Gasteiger charge is -2.04. The fraction of sp³-hybridized carbons (Fsp3) is 0.154. The van der Waals surface area contributed by atoms with Crippen LogP contribution in [0.5, 0.6) is 0 Å².